The maximum atomic E-state index is 12.8. The lowest BCUT2D eigenvalue weighted by molar-refractivity contribution is -0.139. The number of ketones is 1. The van der Waals surface area contributed by atoms with E-state index in [4.69, 9.17) is 20.9 Å². The van der Waals surface area contributed by atoms with Gasteiger partial charge in [0.05, 0.1) is 11.3 Å². The summed E-state index contributed by atoms with van der Waals surface area (Å²) in [5.74, 6) is -0.470. The van der Waals surface area contributed by atoms with Gasteiger partial charge in [-0.1, -0.05) is 6.58 Å². The van der Waals surface area contributed by atoms with Crippen LogP contribution < -0.4 is 16.2 Å². The van der Waals surface area contributed by atoms with Crippen LogP contribution >= 0.6 is 0 Å². The normalized spacial score (nSPS) is 15.3. The molecule has 0 aromatic heterocycles. The van der Waals surface area contributed by atoms with Gasteiger partial charge in [-0.2, -0.15) is 0 Å². The standard InChI is InChI=1S/C21H30N4O5/c1-6-15(26)17-14(22)7-8-16(18(17)23)29-13(2)19(27)24-9-11-25(12-10-24)20(28)30-21(3,4)5/h6-8,13H,1,9-12,22-23H2,2-5H3/t13-/m0/s1. The summed E-state index contributed by atoms with van der Waals surface area (Å²) in [6.45, 7) is 11.9. The molecule has 30 heavy (non-hydrogen) atoms. The van der Waals surface area contributed by atoms with Crippen LogP contribution in [-0.2, 0) is 9.53 Å². The van der Waals surface area contributed by atoms with Gasteiger partial charge in [0, 0.05) is 31.9 Å². The van der Waals surface area contributed by atoms with Gasteiger partial charge in [0.1, 0.15) is 11.4 Å². The maximum Gasteiger partial charge on any atom is 0.410 e. The Morgan fingerprint density at radius 2 is 1.67 bits per heavy atom. The molecule has 1 aliphatic rings. The molecule has 1 aliphatic heterocycles. The van der Waals surface area contributed by atoms with Crippen molar-refractivity contribution in [3.8, 4) is 5.75 Å². The number of carbonyl (C=O) groups is 3. The van der Waals surface area contributed by atoms with Gasteiger partial charge in [0.25, 0.3) is 5.91 Å². The molecule has 1 atom stereocenters. The summed E-state index contributed by atoms with van der Waals surface area (Å²) in [5.41, 5.74) is 11.7. The lowest BCUT2D eigenvalue weighted by Gasteiger charge is -2.36. The van der Waals surface area contributed by atoms with Crippen molar-refractivity contribution in [1.29, 1.82) is 0 Å². The van der Waals surface area contributed by atoms with Crippen molar-refractivity contribution < 1.29 is 23.9 Å². The average Bonchev–Trinajstić information content (AvgIpc) is 2.68. The molecule has 1 aromatic rings. The fourth-order valence-electron chi connectivity index (χ4n) is 3.03. The van der Waals surface area contributed by atoms with Gasteiger partial charge >= 0.3 is 6.09 Å². The minimum absolute atomic E-state index is 0.0642. The van der Waals surface area contributed by atoms with E-state index in [2.05, 4.69) is 6.58 Å². The first kappa shape index (κ1) is 23.1. The number of benzene rings is 1. The lowest BCUT2D eigenvalue weighted by atomic mass is 10.1. The Balaban J connectivity index is 2.00. The summed E-state index contributed by atoms with van der Waals surface area (Å²) in [6, 6.07) is 3.02. The number of rotatable bonds is 5. The van der Waals surface area contributed by atoms with Crippen molar-refractivity contribution in [3.63, 3.8) is 0 Å². The molecule has 0 saturated carbocycles. The number of nitrogen functional groups attached to an aromatic ring is 2. The van der Waals surface area contributed by atoms with Crippen LogP contribution in [0.15, 0.2) is 24.8 Å². The van der Waals surface area contributed by atoms with Gasteiger partial charge in [-0.15, -0.1) is 0 Å². The van der Waals surface area contributed by atoms with Crippen molar-refractivity contribution >= 4 is 29.2 Å². The second-order valence-corrected chi connectivity index (χ2v) is 8.06. The van der Waals surface area contributed by atoms with Gasteiger partial charge in [-0.3, -0.25) is 9.59 Å². The van der Waals surface area contributed by atoms with Crippen molar-refractivity contribution in [3.05, 3.63) is 30.4 Å². The van der Waals surface area contributed by atoms with E-state index in [1.54, 1.807) is 37.5 Å². The van der Waals surface area contributed by atoms with Crippen LogP contribution in [0, 0.1) is 0 Å². The second-order valence-electron chi connectivity index (χ2n) is 8.06. The zero-order valence-corrected chi connectivity index (χ0v) is 17.9. The van der Waals surface area contributed by atoms with Gasteiger partial charge in [-0.25, -0.2) is 4.79 Å². The van der Waals surface area contributed by atoms with Gasteiger partial charge in [0.15, 0.2) is 11.9 Å². The summed E-state index contributed by atoms with van der Waals surface area (Å²) in [5, 5.41) is 0. The van der Waals surface area contributed by atoms with Gasteiger partial charge in [-0.05, 0) is 45.9 Å². The summed E-state index contributed by atoms with van der Waals surface area (Å²) < 4.78 is 11.1. The van der Waals surface area contributed by atoms with E-state index < -0.39 is 23.6 Å². The SMILES string of the molecule is C=CC(=O)c1c(N)ccc(O[C@@H](C)C(=O)N2CCN(C(=O)OC(C)(C)C)CC2)c1N. The highest BCUT2D eigenvalue weighted by Crippen LogP contribution is 2.31. The monoisotopic (exact) mass is 418 g/mol. The molecular weight excluding hydrogens is 388 g/mol. The highest BCUT2D eigenvalue weighted by Gasteiger charge is 2.30. The third-order valence-corrected chi connectivity index (χ3v) is 4.56. The third-order valence-electron chi connectivity index (χ3n) is 4.56. The molecule has 1 aromatic carbocycles. The van der Waals surface area contributed by atoms with Gasteiger partial charge < -0.3 is 30.7 Å². The van der Waals surface area contributed by atoms with E-state index >= 15 is 0 Å². The number of nitrogens with zero attached hydrogens (tertiary/aromatic N) is 2. The summed E-state index contributed by atoms with van der Waals surface area (Å²) in [4.78, 5) is 40.1. The predicted octanol–water partition coefficient (Wildman–Crippen LogP) is 2.07. The molecule has 4 N–H and O–H groups in total. The molecule has 9 nitrogen and oxygen atoms in total. The molecule has 2 amide bonds. The van der Waals surface area contributed by atoms with Crippen molar-refractivity contribution in [1.82, 2.24) is 9.80 Å². The van der Waals surface area contributed by atoms with Crippen molar-refractivity contribution in [2.45, 2.75) is 39.4 Å². The lowest BCUT2D eigenvalue weighted by Crippen LogP contribution is -2.54. The Bertz CT molecular complexity index is 839. The molecule has 164 valence electrons. The fourth-order valence-corrected chi connectivity index (χ4v) is 3.03. The van der Waals surface area contributed by atoms with E-state index in [-0.39, 0.29) is 28.6 Å². The Kier molecular flexibility index (Phi) is 6.96. The average molecular weight is 418 g/mol. The molecule has 0 aliphatic carbocycles. The summed E-state index contributed by atoms with van der Waals surface area (Å²) in [7, 11) is 0. The maximum absolute atomic E-state index is 12.8. The smallest absolute Gasteiger partial charge is 0.410 e. The molecule has 1 saturated heterocycles. The molecule has 0 bridgehead atoms. The van der Waals surface area contributed by atoms with Crippen LogP contribution in [0.25, 0.3) is 0 Å². The summed E-state index contributed by atoms with van der Waals surface area (Å²) in [6.07, 6.45) is -0.117. The van der Waals surface area contributed by atoms with E-state index in [9.17, 15) is 14.4 Å². The Labute approximate surface area is 176 Å². The van der Waals surface area contributed by atoms with E-state index in [0.29, 0.717) is 26.2 Å². The number of piperazine rings is 1. The minimum atomic E-state index is -0.837. The third kappa shape index (κ3) is 5.43. The zero-order valence-electron chi connectivity index (χ0n) is 17.9. The Morgan fingerprint density at radius 3 is 2.20 bits per heavy atom. The number of carbonyl (C=O) groups excluding carboxylic acids is 3. The topological polar surface area (TPSA) is 128 Å². The molecule has 9 heteroatoms. The number of hydrogen-bond acceptors (Lipinski definition) is 7. The van der Waals surface area contributed by atoms with Crippen molar-refractivity contribution in [2.24, 2.45) is 0 Å². The van der Waals surface area contributed by atoms with E-state index in [0.717, 1.165) is 6.08 Å². The van der Waals surface area contributed by atoms with E-state index in [1.807, 2.05) is 0 Å². The first-order valence-electron chi connectivity index (χ1n) is 9.72. The Morgan fingerprint density at radius 1 is 1.10 bits per heavy atom. The minimum Gasteiger partial charge on any atom is -0.479 e. The predicted molar refractivity (Wildman–Crippen MR) is 114 cm³/mol. The summed E-state index contributed by atoms with van der Waals surface area (Å²) >= 11 is 0. The van der Waals surface area contributed by atoms with Crippen LogP contribution in [0.5, 0.6) is 5.75 Å². The molecular formula is C21H30N4O5. The molecule has 2 rings (SSSR count). The number of anilines is 2. The van der Waals surface area contributed by atoms with Crippen LogP contribution in [0.2, 0.25) is 0 Å². The number of allylic oxidation sites excluding steroid dienone is 1. The first-order chi connectivity index (χ1) is 13.9. The molecule has 0 spiro atoms. The number of nitrogens with two attached hydrogens (primary N) is 2. The largest absolute Gasteiger partial charge is 0.479 e. The second kappa shape index (κ2) is 9.06. The quantitative estimate of drug-likeness (QED) is 0.425. The molecule has 0 radical (unpaired) electrons. The molecule has 0 unspecified atom stereocenters. The molecule has 1 fully saturated rings. The highest BCUT2D eigenvalue weighted by atomic mass is 16.6. The van der Waals surface area contributed by atoms with Crippen molar-refractivity contribution in [2.75, 3.05) is 37.6 Å². The van der Waals surface area contributed by atoms with E-state index in [1.165, 1.54) is 12.1 Å². The number of hydrogen-bond donors (Lipinski definition) is 2. The first-order valence-corrected chi connectivity index (χ1v) is 9.72. The fraction of sp³-hybridized carbons (Fsp3) is 0.476. The Hall–Kier alpha value is -3.23. The van der Waals surface area contributed by atoms with Gasteiger partial charge in [0.2, 0.25) is 0 Å². The van der Waals surface area contributed by atoms with Crippen LogP contribution in [0.3, 0.4) is 0 Å². The van der Waals surface area contributed by atoms with Crippen LogP contribution in [0.1, 0.15) is 38.1 Å². The zero-order chi connectivity index (χ0) is 22.6. The molecule has 1 heterocycles. The number of ether oxygens (including phenoxy) is 2. The number of amides is 2. The van der Waals surface area contributed by atoms with Crippen LogP contribution in [0.4, 0.5) is 16.2 Å². The van der Waals surface area contributed by atoms with Crippen LogP contribution in [-0.4, -0.2) is 65.5 Å². The highest BCUT2D eigenvalue weighted by molar-refractivity contribution is 6.12.